The number of aromatic nitrogens is 3. The van der Waals surface area contributed by atoms with Crippen molar-refractivity contribution >= 4 is 11.8 Å². The minimum atomic E-state index is -0.615. The number of ether oxygens (including phenoxy) is 2. The topological polar surface area (TPSA) is 86.5 Å². The molecule has 2 aromatic rings. The number of imide groups is 1. The number of rotatable bonds is 7. The van der Waals surface area contributed by atoms with Crippen LogP contribution in [0.25, 0.3) is 0 Å². The summed E-state index contributed by atoms with van der Waals surface area (Å²) in [6.07, 6.45) is 0.996. The zero-order chi connectivity index (χ0) is 17.1. The Hall–Kier alpha value is -2.58. The van der Waals surface area contributed by atoms with Crippen molar-refractivity contribution in [1.29, 1.82) is 0 Å². The molecule has 0 saturated carbocycles. The molecule has 24 heavy (non-hydrogen) atoms. The van der Waals surface area contributed by atoms with Gasteiger partial charge in [0, 0.05) is 13.2 Å². The summed E-state index contributed by atoms with van der Waals surface area (Å²) in [4.78, 5) is 25.8. The molecule has 2 amide bonds. The van der Waals surface area contributed by atoms with Crippen LogP contribution in [0, 0.1) is 0 Å². The highest BCUT2D eigenvalue weighted by molar-refractivity contribution is 6.21. The Bertz CT molecular complexity index is 717. The quantitative estimate of drug-likeness (QED) is 0.566. The second-order valence-corrected chi connectivity index (χ2v) is 5.15. The fourth-order valence-corrected chi connectivity index (χ4v) is 2.52. The number of hydrogen-bond acceptors (Lipinski definition) is 6. The highest BCUT2D eigenvalue weighted by atomic mass is 16.7. The van der Waals surface area contributed by atoms with Crippen molar-refractivity contribution in [2.75, 3.05) is 13.2 Å². The Kier molecular flexibility index (Phi) is 4.68. The van der Waals surface area contributed by atoms with Crippen LogP contribution in [-0.4, -0.2) is 44.9 Å². The summed E-state index contributed by atoms with van der Waals surface area (Å²) in [5.74, 6) is -0.669. The summed E-state index contributed by atoms with van der Waals surface area (Å²) in [6, 6.07) is 6.75. The van der Waals surface area contributed by atoms with Gasteiger partial charge in [0.1, 0.15) is 12.4 Å². The van der Waals surface area contributed by atoms with Crippen molar-refractivity contribution in [3.63, 3.8) is 0 Å². The van der Waals surface area contributed by atoms with Gasteiger partial charge in [-0.25, -0.2) is 4.68 Å². The molecule has 3 rings (SSSR count). The van der Waals surface area contributed by atoms with Gasteiger partial charge in [-0.3, -0.25) is 14.5 Å². The van der Waals surface area contributed by atoms with Gasteiger partial charge < -0.3 is 9.47 Å². The largest absolute Gasteiger partial charge is 0.347 e. The first-order chi connectivity index (χ1) is 11.7. The van der Waals surface area contributed by atoms with Crippen LogP contribution in [0.5, 0.6) is 0 Å². The summed E-state index contributed by atoms with van der Waals surface area (Å²) < 4.78 is 12.3. The van der Waals surface area contributed by atoms with Gasteiger partial charge in [0.2, 0.25) is 6.29 Å². The van der Waals surface area contributed by atoms with Gasteiger partial charge in [0.25, 0.3) is 11.8 Å². The Morgan fingerprint density at radius 2 is 1.62 bits per heavy atom. The molecule has 0 bridgehead atoms. The van der Waals surface area contributed by atoms with E-state index in [9.17, 15) is 9.59 Å². The molecule has 0 fully saturated rings. The van der Waals surface area contributed by atoms with E-state index < -0.39 is 6.29 Å². The van der Waals surface area contributed by atoms with E-state index in [0.717, 1.165) is 4.90 Å². The lowest BCUT2D eigenvalue weighted by atomic mass is 10.1. The van der Waals surface area contributed by atoms with Crippen molar-refractivity contribution in [1.82, 2.24) is 19.9 Å². The fraction of sp³-hybridized carbons (Fsp3) is 0.375. The molecule has 2 heterocycles. The van der Waals surface area contributed by atoms with Gasteiger partial charge >= 0.3 is 0 Å². The fourth-order valence-electron chi connectivity index (χ4n) is 2.52. The van der Waals surface area contributed by atoms with E-state index in [-0.39, 0.29) is 18.5 Å². The third kappa shape index (κ3) is 2.93. The molecule has 0 unspecified atom stereocenters. The summed E-state index contributed by atoms with van der Waals surface area (Å²) in [5, 5.41) is 7.97. The lowest BCUT2D eigenvalue weighted by molar-refractivity contribution is -0.142. The zero-order valence-electron chi connectivity index (χ0n) is 13.5. The average Bonchev–Trinajstić information content (AvgIpc) is 3.15. The number of carbonyl (C=O) groups excluding carboxylic acids is 2. The summed E-state index contributed by atoms with van der Waals surface area (Å²) >= 11 is 0. The summed E-state index contributed by atoms with van der Waals surface area (Å²) in [7, 11) is 0. The first kappa shape index (κ1) is 16.3. The molecule has 0 radical (unpaired) electrons. The van der Waals surface area contributed by atoms with Crippen LogP contribution >= 0.6 is 0 Å². The molecule has 126 valence electrons. The average molecular weight is 330 g/mol. The van der Waals surface area contributed by atoms with E-state index in [1.807, 2.05) is 13.8 Å². The van der Waals surface area contributed by atoms with E-state index in [0.29, 0.717) is 30.0 Å². The van der Waals surface area contributed by atoms with Gasteiger partial charge in [-0.05, 0) is 26.0 Å². The SMILES string of the molecule is CCOC(OCC)c1cn(CN2C(=O)c3ccccc3C2=O)nn1. The number of hydrogen-bond donors (Lipinski definition) is 0. The first-order valence-corrected chi connectivity index (χ1v) is 7.74. The second kappa shape index (κ2) is 6.90. The Morgan fingerprint density at radius 1 is 1.04 bits per heavy atom. The highest BCUT2D eigenvalue weighted by Gasteiger charge is 2.35. The number of fused-ring (bicyclic) bond motifs is 1. The van der Waals surface area contributed by atoms with Crippen molar-refractivity contribution in [2.24, 2.45) is 0 Å². The predicted molar refractivity (Wildman–Crippen MR) is 83.0 cm³/mol. The van der Waals surface area contributed by atoms with Crippen LogP contribution in [0.15, 0.2) is 30.5 Å². The van der Waals surface area contributed by atoms with Gasteiger partial charge in [-0.1, -0.05) is 17.3 Å². The normalized spacial score (nSPS) is 13.9. The van der Waals surface area contributed by atoms with E-state index in [4.69, 9.17) is 9.47 Å². The van der Waals surface area contributed by atoms with Crippen LogP contribution < -0.4 is 0 Å². The van der Waals surface area contributed by atoms with Gasteiger partial charge in [-0.15, -0.1) is 5.10 Å². The lowest BCUT2D eigenvalue weighted by Crippen LogP contribution is -2.32. The van der Waals surface area contributed by atoms with E-state index in [2.05, 4.69) is 10.3 Å². The van der Waals surface area contributed by atoms with Gasteiger partial charge in [0.15, 0.2) is 0 Å². The predicted octanol–water partition coefficient (Wildman–Crippen LogP) is 1.60. The zero-order valence-corrected chi connectivity index (χ0v) is 13.5. The molecule has 0 aliphatic carbocycles. The molecular weight excluding hydrogens is 312 g/mol. The number of amides is 2. The third-order valence-electron chi connectivity index (χ3n) is 3.60. The monoisotopic (exact) mass is 330 g/mol. The Balaban J connectivity index is 1.76. The van der Waals surface area contributed by atoms with Gasteiger partial charge in [-0.2, -0.15) is 0 Å². The molecule has 0 N–H and O–H groups in total. The maximum atomic E-state index is 12.4. The van der Waals surface area contributed by atoms with Crippen LogP contribution in [-0.2, 0) is 16.1 Å². The third-order valence-corrected chi connectivity index (χ3v) is 3.60. The van der Waals surface area contributed by atoms with E-state index in [1.54, 1.807) is 30.5 Å². The molecule has 0 atom stereocenters. The maximum Gasteiger partial charge on any atom is 0.263 e. The number of nitrogens with zero attached hydrogens (tertiary/aromatic N) is 4. The van der Waals surface area contributed by atoms with E-state index in [1.165, 1.54) is 4.68 Å². The van der Waals surface area contributed by atoms with Gasteiger partial charge in [0.05, 0.1) is 17.3 Å². The molecule has 8 heteroatoms. The first-order valence-electron chi connectivity index (χ1n) is 7.74. The van der Waals surface area contributed by atoms with Crippen LogP contribution in [0.2, 0.25) is 0 Å². The van der Waals surface area contributed by atoms with E-state index >= 15 is 0 Å². The van der Waals surface area contributed by atoms with Crippen LogP contribution in [0.1, 0.15) is 46.5 Å². The maximum absolute atomic E-state index is 12.4. The van der Waals surface area contributed by atoms with Crippen molar-refractivity contribution in [3.8, 4) is 0 Å². The summed E-state index contributed by atoms with van der Waals surface area (Å²) in [6.45, 7) is 4.64. The minimum Gasteiger partial charge on any atom is -0.347 e. The van der Waals surface area contributed by atoms with Crippen molar-refractivity contribution in [2.45, 2.75) is 26.8 Å². The molecule has 1 aromatic heterocycles. The molecular formula is C16H18N4O4. The smallest absolute Gasteiger partial charge is 0.263 e. The Labute approximate surface area is 139 Å². The standard InChI is InChI=1S/C16H18N4O4/c1-3-23-16(24-4-2)13-9-19(18-17-13)10-20-14(21)11-7-5-6-8-12(11)15(20)22/h5-9,16H,3-4,10H2,1-2H3. The summed E-state index contributed by atoms with van der Waals surface area (Å²) in [5.41, 5.74) is 1.31. The molecule has 1 aliphatic heterocycles. The van der Waals surface area contributed by atoms with Crippen molar-refractivity contribution in [3.05, 3.63) is 47.3 Å². The molecule has 0 saturated heterocycles. The minimum absolute atomic E-state index is 0.00961. The second-order valence-electron chi connectivity index (χ2n) is 5.15. The number of carbonyl (C=O) groups is 2. The highest BCUT2D eigenvalue weighted by Crippen LogP contribution is 2.23. The van der Waals surface area contributed by atoms with Crippen LogP contribution in [0.3, 0.4) is 0 Å². The molecule has 8 nitrogen and oxygen atoms in total. The molecule has 1 aromatic carbocycles. The number of benzene rings is 1. The van der Waals surface area contributed by atoms with Crippen molar-refractivity contribution < 1.29 is 19.1 Å². The molecule has 1 aliphatic rings. The molecule has 0 spiro atoms. The lowest BCUT2D eigenvalue weighted by Gasteiger charge is -2.14. The Morgan fingerprint density at radius 3 is 2.17 bits per heavy atom. The van der Waals surface area contributed by atoms with Crippen LogP contribution in [0.4, 0.5) is 0 Å².